The SMILES string of the molecule is CC(OC(=O)c1ccnc(Cl)c1)C(=O)N1CCc2ccccc21. The average molecular weight is 331 g/mol. The first-order valence-electron chi connectivity index (χ1n) is 7.28. The molecule has 1 aromatic carbocycles. The van der Waals surface area contributed by atoms with Crippen LogP contribution in [-0.2, 0) is 16.0 Å². The number of nitrogens with zero attached hydrogens (tertiary/aromatic N) is 2. The maximum Gasteiger partial charge on any atom is 0.339 e. The van der Waals surface area contributed by atoms with Crippen molar-refractivity contribution in [3.8, 4) is 0 Å². The van der Waals surface area contributed by atoms with E-state index in [0.29, 0.717) is 6.54 Å². The number of ether oxygens (including phenoxy) is 1. The zero-order chi connectivity index (χ0) is 16.4. The summed E-state index contributed by atoms with van der Waals surface area (Å²) in [5.74, 6) is -0.828. The van der Waals surface area contributed by atoms with Crippen LogP contribution in [0.1, 0.15) is 22.8 Å². The van der Waals surface area contributed by atoms with Crippen molar-refractivity contribution in [2.45, 2.75) is 19.4 Å². The van der Waals surface area contributed by atoms with E-state index in [0.717, 1.165) is 17.7 Å². The Kier molecular flexibility index (Phi) is 4.30. The number of anilines is 1. The van der Waals surface area contributed by atoms with E-state index in [9.17, 15) is 9.59 Å². The number of rotatable bonds is 3. The predicted molar refractivity (Wildman–Crippen MR) is 86.6 cm³/mol. The summed E-state index contributed by atoms with van der Waals surface area (Å²) >= 11 is 5.75. The highest BCUT2D eigenvalue weighted by Crippen LogP contribution is 2.28. The van der Waals surface area contributed by atoms with Crippen LogP contribution in [0.25, 0.3) is 0 Å². The summed E-state index contributed by atoms with van der Waals surface area (Å²) in [6.45, 7) is 2.17. The fourth-order valence-corrected chi connectivity index (χ4v) is 2.77. The van der Waals surface area contributed by atoms with Gasteiger partial charge in [-0.1, -0.05) is 29.8 Å². The lowest BCUT2D eigenvalue weighted by atomic mass is 10.2. The number of fused-ring (bicyclic) bond motifs is 1. The summed E-state index contributed by atoms with van der Waals surface area (Å²) in [5.41, 5.74) is 2.28. The number of hydrogen-bond acceptors (Lipinski definition) is 4. The van der Waals surface area contributed by atoms with Gasteiger partial charge < -0.3 is 9.64 Å². The molecule has 1 amide bonds. The Morgan fingerprint density at radius 1 is 1.30 bits per heavy atom. The van der Waals surface area contributed by atoms with Crippen LogP contribution in [0.3, 0.4) is 0 Å². The number of esters is 1. The van der Waals surface area contributed by atoms with E-state index in [1.54, 1.807) is 11.8 Å². The number of aromatic nitrogens is 1. The lowest BCUT2D eigenvalue weighted by Gasteiger charge is -2.21. The molecule has 1 aliphatic heterocycles. The van der Waals surface area contributed by atoms with Crippen molar-refractivity contribution in [3.63, 3.8) is 0 Å². The summed E-state index contributed by atoms with van der Waals surface area (Å²) in [4.78, 5) is 30.1. The van der Waals surface area contributed by atoms with Gasteiger partial charge >= 0.3 is 5.97 Å². The van der Waals surface area contributed by atoms with Gasteiger partial charge in [0.25, 0.3) is 5.91 Å². The van der Waals surface area contributed by atoms with Gasteiger partial charge in [-0.25, -0.2) is 9.78 Å². The first-order chi connectivity index (χ1) is 11.1. The van der Waals surface area contributed by atoms with Crippen LogP contribution >= 0.6 is 11.6 Å². The predicted octanol–water partition coefficient (Wildman–Crippen LogP) is 2.87. The van der Waals surface area contributed by atoms with Gasteiger partial charge in [0.15, 0.2) is 6.10 Å². The third-order valence-electron chi connectivity index (χ3n) is 3.75. The first-order valence-corrected chi connectivity index (χ1v) is 7.66. The first kappa shape index (κ1) is 15.5. The van der Waals surface area contributed by atoms with E-state index in [1.165, 1.54) is 18.3 Å². The highest BCUT2D eigenvalue weighted by Gasteiger charge is 2.29. The van der Waals surface area contributed by atoms with E-state index in [1.807, 2.05) is 24.3 Å². The minimum Gasteiger partial charge on any atom is -0.449 e. The second kappa shape index (κ2) is 6.38. The molecule has 0 radical (unpaired) electrons. The van der Waals surface area contributed by atoms with Gasteiger partial charge in [-0.15, -0.1) is 0 Å². The molecule has 3 rings (SSSR count). The van der Waals surface area contributed by atoms with E-state index in [-0.39, 0.29) is 16.6 Å². The molecule has 0 fully saturated rings. The zero-order valence-electron chi connectivity index (χ0n) is 12.5. The standard InChI is InChI=1S/C17H15ClN2O3/c1-11(23-17(22)13-6-8-19-15(18)10-13)16(21)20-9-7-12-4-2-3-5-14(12)20/h2-6,8,10-11H,7,9H2,1H3. The Morgan fingerprint density at radius 3 is 2.87 bits per heavy atom. The van der Waals surface area contributed by atoms with Gasteiger partial charge in [0, 0.05) is 18.4 Å². The molecule has 118 valence electrons. The van der Waals surface area contributed by atoms with Crippen LogP contribution in [0.4, 0.5) is 5.69 Å². The molecule has 0 saturated heterocycles. The smallest absolute Gasteiger partial charge is 0.339 e. The maximum absolute atomic E-state index is 12.6. The molecule has 0 spiro atoms. The number of carbonyl (C=O) groups is 2. The molecule has 23 heavy (non-hydrogen) atoms. The Labute approximate surface area is 138 Å². The second-order valence-corrected chi connectivity index (χ2v) is 5.67. The lowest BCUT2D eigenvalue weighted by molar-refractivity contribution is -0.126. The Morgan fingerprint density at radius 2 is 2.09 bits per heavy atom. The number of pyridine rings is 1. The van der Waals surface area contributed by atoms with Crippen molar-refractivity contribution in [3.05, 3.63) is 58.9 Å². The van der Waals surface area contributed by atoms with Crippen LogP contribution in [-0.4, -0.2) is 29.5 Å². The number of carbonyl (C=O) groups excluding carboxylic acids is 2. The molecule has 5 nitrogen and oxygen atoms in total. The topological polar surface area (TPSA) is 59.5 Å². The lowest BCUT2D eigenvalue weighted by Crippen LogP contribution is -2.39. The summed E-state index contributed by atoms with van der Waals surface area (Å²) < 4.78 is 5.26. The molecule has 0 bridgehead atoms. The van der Waals surface area contributed by atoms with Crippen molar-refractivity contribution in [2.75, 3.05) is 11.4 Å². The van der Waals surface area contributed by atoms with E-state index >= 15 is 0 Å². The third kappa shape index (κ3) is 3.19. The number of amides is 1. The van der Waals surface area contributed by atoms with Crippen molar-refractivity contribution in [1.29, 1.82) is 0 Å². The van der Waals surface area contributed by atoms with Gasteiger partial charge in [-0.05, 0) is 37.1 Å². The van der Waals surface area contributed by atoms with Crippen molar-refractivity contribution in [2.24, 2.45) is 0 Å². The Bertz CT molecular complexity index is 763. The van der Waals surface area contributed by atoms with Gasteiger partial charge in [-0.2, -0.15) is 0 Å². The van der Waals surface area contributed by atoms with Crippen molar-refractivity contribution in [1.82, 2.24) is 4.98 Å². The average Bonchev–Trinajstić information content (AvgIpc) is 2.98. The number of halogens is 1. The van der Waals surface area contributed by atoms with Crippen LogP contribution in [0.15, 0.2) is 42.6 Å². The molecular formula is C17H15ClN2O3. The fraction of sp³-hybridized carbons (Fsp3) is 0.235. The van der Waals surface area contributed by atoms with Crippen LogP contribution in [0.5, 0.6) is 0 Å². The summed E-state index contributed by atoms with van der Waals surface area (Å²) in [6.07, 6.45) is 1.35. The summed E-state index contributed by atoms with van der Waals surface area (Å²) in [6, 6.07) is 10.6. The van der Waals surface area contributed by atoms with E-state index < -0.39 is 12.1 Å². The summed E-state index contributed by atoms with van der Waals surface area (Å²) in [5, 5.41) is 0.201. The fourth-order valence-electron chi connectivity index (χ4n) is 2.60. The summed E-state index contributed by atoms with van der Waals surface area (Å²) in [7, 11) is 0. The highest BCUT2D eigenvalue weighted by atomic mass is 35.5. The van der Waals surface area contributed by atoms with Crippen LogP contribution < -0.4 is 4.90 Å². The monoisotopic (exact) mass is 330 g/mol. The van der Waals surface area contributed by atoms with Gasteiger partial charge in [0.05, 0.1) is 5.56 Å². The molecule has 2 aromatic rings. The highest BCUT2D eigenvalue weighted by molar-refractivity contribution is 6.29. The zero-order valence-corrected chi connectivity index (χ0v) is 13.3. The number of hydrogen-bond donors (Lipinski definition) is 0. The third-order valence-corrected chi connectivity index (χ3v) is 3.95. The molecular weight excluding hydrogens is 316 g/mol. The van der Waals surface area contributed by atoms with E-state index in [2.05, 4.69) is 4.98 Å². The quantitative estimate of drug-likeness (QED) is 0.641. The van der Waals surface area contributed by atoms with Gasteiger partial charge in [-0.3, -0.25) is 4.79 Å². The molecule has 1 atom stereocenters. The number of para-hydroxylation sites is 1. The molecule has 1 unspecified atom stereocenters. The van der Waals surface area contributed by atoms with Crippen molar-refractivity contribution >= 4 is 29.2 Å². The van der Waals surface area contributed by atoms with Gasteiger partial charge in [0.2, 0.25) is 0 Å². The molecule has 1 aromatic heterocycles. The molecule has 1 aliphatic rings. The Balaban J connectivity index is 1.70. The minimum atomic E-state index is -0.874. The maximum atomic E-state index is 12.6. The second-order valence-electron chi connectivity index (χ2n) is 5.28. The van der Waals surface area contributed by atoms with Gasteiger partial charge in [0.1, 0.15) is 5.15 Å². The minimum absolute atomic E-state index is 0.201. The Hall–Kier alpha value is -2.40. The number of benzene rings is 1. The largest absolute Gasteiger partial charge is 0.449 e. The molecule has 6 heteroatoms. The van der Waals surface area contributed by atoms with Crippen LogP contribution in [0, 0.1) is 0 Å². The normalized spacial score (nSPS) is 14.3. The van der Waals surface area contributed by atoms with Crippen molar-refractivity contribution < 1.29 is 14.3 Å². The molecule has 0 saturated carbocycles. The van der Waals surface area contributed by atoms with Crippen LogP contribution in [0.2, 0.25) is 5.15 Å². The molecule has 0 N–H and O–H groups in total. The van der Waals surface area contributed by atoms with E-state index in [4.69, 9.17) is 16.3 Å². The molecule has 0 aliphatic carbocycles. The molecule has 2 heterocycles.